The Balaban J connectivity index is 4.26. The molecule has 0 heterocycles. The van der Waals surface area contributed by atoms with Gasteiger partial charge in [-0.1, -0.05) is 18.2 Å². The summed E-state index contributed by atoms with van der Waals surface area (Å²) in [7, 11) is 1.52. The molecule has 0 saturated heterocycles. The summed E-state index contributed by atoms with van der Waals surface area (Å²) >= 11 is 5.40. The first kappa shape index (κ1) is 10.1. The van der Waals surface area contributed by atoms with Gasteiger partial charge in [-0.25, -0.2) is 0 Å². The zero-order chi connectivity index (χ0) is 8.85. The molecular formula is C8H11ClO2. The molecule has 0 saturated carbocycles. The molecule has 0 aliphatic carbocycles. The van der Waals surface area contributed by atoms with Crippen LogP contribution in [0.15, 0.2) is 35.3 Å². The van der Waals surface area contributed by atoms with E-state index in [0.29, 0.717) is 5.76 Å². The lowest BCUT2D eigenvalue weighted by Gasteiger charge is -1.97. The number of methoxy groups -OCH3 is 1. The number of hydrogen-bond acceptors (Lipinski definition) is 2. The maximum Gasteiger partial charge on any atom is 0.120 e. The van der Waals surface area contributed by atoms with Gasteiger partial charge in [0.25, 0.3) is 0 Å². The molecule has 0 aromatic rings. The van der Waals surface area contributed by atoms with Crippen molar-refractivity contribution < 1.29 is 9.84 Å². The van der Waals surface area contributed by atoms with Crippen LogP contribution in [-0.2, 0) is 4.74 Å². The van der Waals surface area contributed by atoms with Gasteiger partial charge in [-0.3, -0.25) is 0 Å². The van der Waals surface area contributed by atoms with E-state index in [1.54, 1.807) is 6.92 Å². The number of allylic oxidation sites excluding steroid dienone is 4. The molecule has 0 aromatic heterocycles. The monoisotopic (exact) mass is 174 g/mol. The van der Waals surface area contributed by atoms with Crippen LogP contribution in [0.25, 0.3) is 0 Å². The van der Waals surface area contributed by atoms with Crippen LogP contribution in [0.1, 0.15) is 6.92 Å². The second kappa shape index (κ2) is 4.85. The molecule has 0 atom stereocenters. The van der Waals surface area contributed by atoms with Crippen LogP contribution in [0, 0.1) is 0 Å². The minimum Gasteiger partial charge on any atom is -0.508 e. The van der Waals surface area contributed by atoms with E-state index < -0.39 is 0 Å². The van der Waals surface area contributed by atoms with Crippen molar-refractivity contribution in [3.63, 3.8) is 0 Å². The van der Waals surface area contributed by atoms with E-state index in [9.17, 15) is 0 Å². The first-order valence-corrected chi connectivity index (χ1v) is 3.41. The highest BCUT2D eigenvalue weighted by Gasteiger charge is 1.90. The smallest absolute Gasteiger partial charge is 0.120 e. The third-order valence-corrected chi connectivity index (χ3v) is 1.09. The fourth-order valence-corrected chi connectivity index (χ4v) is 0.581. The van der Waals surface area contributed by atoms with Crippen LogP contribution in [0.2, 0.25) is 0 Å². The number of aliphatic hydroxyl groups is 1. The molecule has 0 aliphatic heterocycles. The van der Waals surface area contributed by atoms with Gasteiger partial charge in [0.15, 0.2) is 0 Å². The van der Waals surface area contributed by atoms with Crippen molar-refractivity contribution in [3.8, 4) is 0 Å². The Labute approximate surface area is 71.4 Å². The Morgan fingerprint density at radius 2 is 2.09 bits per heavy atom. The molecule has 2 nitrogen and oxygen atoms in total. The van der Waals surface area contributed by atoms with Crippen molar-refractivity contribution in [2.24, 2.45) is 0 Å². The Kier molecular flexibility index (Phi) is 4.46. The van der Waals surface area contributed by atoms with Crippen LogP contribution in [0.4, 0.5) is 0 Å². The number of halogens is 1. The molecule has 0 aromatic carbocycles. The Morgan fingerprint density at radius 1 is 1.55 bits per heavy atom. The molecule has 0 unspecified atom stereocenters. The van der Waals surface area contributed by atoms with Crippen molar-refractivity contribution in [2.45, 2.75) is 6.92 Å². The molecule has 1 N–H and O–H groups in total. The summed E-state index contributed by atoms with van der Waals surface area (Å²) in [6.07, 6.45) is 2.79. The lowest BCUT2D eigenvalue weighted by atomic mass is 10.4. The van der Waals surface area contributed by atoms with Gasteiger partial charge >= 0.3 is 0 Å². The molecule has 0 aliphatic rings. The summed E-state index contributed by atoms with van der Waals surface area (Å²) in [6, 6.07) is 0. The maximum absolute atomic E-state index is 9.08. The van der Waals surface area contributed by atoms with Gasteiger partial charge < -0.3 is 9.84 Å². The van der Waals surface area contributed by atoms with E-state index in [0.717, 1.165) is 0 Å². The van der Waals surface area contributed by atoms with Gasteiger partial charge in [0.05, 0.1) is 12.9 Å². The standard InChI is InChI=1S/C8H11ClO2/c1-6(9)4-8(10)5-7(2)11-3/h4-5,10H,1H2,2-3H3/b7-5+,8-4+. The fourth-order valence-electron chi connectivity index (χ4n) is 0.469. The van der Waals surface area contributed by atoms with Crippen LogP contribution in [0.3, 0.4) is 0 Å². The van der Waals surface area contributed by atoms with E-state index in [1.165, 1.54) is 19.3 Å². The lowest BCUT2D eigenvalue weighted by Crippen LogP contribution is -1.82. The van der Waals surface area contributed by atoms with Crippen LogP contribution in [0.5, 0.6) is 0 Å². The normalized spacial score (nSPS) is 13.0. The third kappa shape index (κ3) is 5.55. The van der Waals surface area contributed by atoms with Crippen LogP contribution < -0.4 is 0 Å². The summed E-state index contributed by atoms with van der Waals surface area (Å²) in [4.78, 5) is 0. The molecule has 0 fully saturated rings. The highest BCUT2D eigenvalue weighted by atomic mass is 35.5. The summed E-state index contributed by atoms with van der Waals surface area (Å²) in [6.45, 7) is 5.11. The highest BCUT2D eigenvalue weighted by Crippen LogP contribution is 2.05. The van der Waals surface area contributed by atoms with E-state index >= 15 is 0 Å². The molecule has 62 valence electrons. The van der Waals surface area contributed by atoms with E-state index in [4.69, 9.17) is 21.4 Å². The molecule has 11 heavy (non-hydrogen) atoms. The van der Waals surface area contributed by atoms with Gasteiger partial charge in [0, 0.05) is 11.1 Å². The molecule has 0 bridgehead atoms. The summed E-state index contributed by atoms with van der Waals surface area (Å²) in [5, 5.41) is 9.36. The Hall–Kier alpha value is -0.890. The zero-order valence-electron chi connectivity index (χ0n) is 6.60. The molecule has 0 amide bonds. The Morgan fingerprint density at radius 3 is 2.45 bits per heavy atom. The topological polar surface area (TPSA) is 29.5 Å². The zero-order valence-corrected chi connectivity index (χ0v) is 7.35. The van der Waals surface area contributed by atoms with Crippen molar-refractivity contribution in [2.75, 3.05) is 7.11 Å². The van der Waals surface area contributed by atoms with Crippen LogP contribution in [-0.4, -0.2) is 12.2 Å². The molecule has 0 spiro atoms. The second-order valence-corrected chi connectivity index (χ2v) is 2.46. The van der Waals surface area contributed by atoms with Gasteiger partial charge in [-0.05, 0) is 13.0 Å². The first-order valence-electron chi connectivity index (χ1n) is 3.03. The second-order valence-electron chi connectivity index (χ2n) is 1.98. The predicted molar refractivity (Wildman–Crippen MR) is 46.5 cm³/mol. The van der Waals surface area contributed by atoms with Crippen molar-refractivity contribution in [3.05, 3.63) is 35.3 Å². The SMILES string of the molecule is C=C(Cl)/C=C(O)\C=C(/C)OC. The number of aliphatic hydroxyl groups excluding tert-OH is 1. The summed E-state index contributed by atoms with van der Waals surface area (Å²) in [5.41, 5.74) is 0. The predicted octanol–water partition coefficient (Wildman–Crippen LogP) is 2.73. The largest absolute Gasteiger partial charge is 0.508 e. The number of rotatable bonds is 3. The minimum absolute atomic E-state index is 0.0318. The average molecular weight is 175 g/mol. The third-order valence-electron chi connectivity index (χ3n) is 0.978. The van der Waals surface area contributed by atoms with Gasteiger partial charge in [-0.2, -0.15) is 0 Å². The number of ether oxygens (including phenoxy) is 1. The highest BCUT2D eigenvalue weighted by molar-refractivity contribution is 6.30. The van der Waals surface area contributed by atoms with Crippen molar-refractivity contribution >= 4 is 11.6 Å². The van der Waals surface area contributed by atoms with Gasteiger partial charge in [0.2, 0.25) is 0 Å². The Bertz CT molecular complexity index is 204. The van der Waals surface area contributed by atoms with Crippen molar-refractivity contribution in [1.82, 2.24) is 0 Å². The summed E-state index contributed by atoms with van der Waals surface area (Å²) in [5.74, 6) is 0.640. The fraction of sp³-hybridized carbons (Fsp3) is 0.250. The summed E-state index contributed by atoms with van der Waals surface area (Å²) < 4.78 is 4.79. The van der Waals surface area contributed by atoms with Crippen molar-refractivity contribution in [1.29, 1.82) is 0 Å². The van der Waals surface area contributed by atoms with Gasteiger partial charge in [-0.15, -0.1) is 0 Å². The molecular weight excluding hydrogens is 164 g/mol. The molecule has 0 radical (unpaired) electrons. The quantitative estimate of drug-likeness (QED) is 0.527. The molecule has 3 heteroatoms. The van der Waals surface area contributed by atoms with Gasteiger partial charge in [0.1, 0.15) is 5.76 Å². The maximum atomic E-state index is 9.08. The molecule has 0 rings (SSSR count). The van der Waals surface area contributed by atoms with Crippen LogP contribution >= 0.6 is 11.6 Å². The van der Waals surface area contributed by atoms with E-state index in [1.807, 2.05) is 0 Å². The first-order chi connectivity index (χ1) is 5.06. The lowest BCUT2D eigenvalue weighted by molar-refractivity contribution is 0.289. The van der Waals surface area contributed by atoms with E-state index in [-0.39, 0.29) is 10.8 Å². The minimum atomic E-state index is 0.0318. The number of hydrogen-bond donors (Lipinski definition) is 1. The average Bonchev–Trinajstić information content (AvgIpc) is 1.85. The van der Waals surface area contributed by atoms with E-state index in [2.05, 4.69) is 6.58 Å².